The zero-order valence-electron chi connectivity index (χ0n) is 11.3. The highest BCUT2D eigenvalue weighted by molar-refractivity contribution is 6.01. The molecule has 0 bridgehead atoms. The van der Waals surface area contributed by atoms with Crippen molar-refractivity contribution in [1.82, 2.24) is 0 Å². The van der Waals surface area contributed by atoms with E-state index in [1.54, 1.807) is 0 Å². The van der Waals surface area contributed by atoms with Crippen molar-refractivity contribution < 1.29 is 0 Å². The molecule has 0 amide bonds. The number of fused-ring (bicyclic) bond motifs is 1. The van der Waals surface area contributed by atoms with Gasteiger partial charge in [0.15, 0.2) is 0 Å². The zero-order valence-corrected chi connectivity index (χ0v) is 11.3. The number of unbranched alkanes of at least 4 members (excludes halogenated alkanes) is 2. The maximum atomic E-state index is 3.42. The molecule has 0 saturated heterocycles. The molecular weight excluding hydrogens is 208 g/mol. The van der Waals surface area contributed by atoms with Gasteiger partial charge in [-0.1, -0.05) is 32.8 Å². The lowest BCUT2D eigenvalue weighted by Gasteiger charge is -2.24. The fourth-order valence-corrected chi connectivity index (χ4v) is 2.27. The maximum Gasteiger partial charge on any atom is 0.0864 e. The number of nitrogens with one attached hydrogen (secondary N) is 1. The Morgan fingerprint density at radius 2 is 1.65 bits per heavy atom. The molecule has 1 aromatic carbocycles. The van der Waals surface area contributed by atoms with Gasteiger partial charge in [-0.05, 0) is 31.4 Å². The van der Waals surface area contributed by atoms with Crippen molar-refractivity contribution in [2.24, 2.45) is 0 Å². The van der Waals surface area contributed by atoms with Crippen LogP contribution in [0.25, 0.3) is 0 Å². The first-order valence-electron chi connectivity index (χ1n) is 6.93. The summed E-state index contributed by atoms with van der Waals surface area (Å²) < 4.78 is 0. The van der Waals surface area contributed by atoms with Gasteiger partial charge in [-0.2, -0.15) is 0 Å². The largest absolute Gasteiger partial charge is 0.370 e. The summed E-state index contributed by atoms with van der Waals surface area (Å²) in [6.07, 6.45) is 5.10. The van der Waals surface area contributed by atoms with Crippen LogP contribution in [0.1, 0.15) is 45.1 Å². The smallest absolute Gasteiger partial charge is 0.0864 e. The van der Waals surface area contributed by atoms with Crippen LogP contribution < -0.4 is 10.2 Å². The van der Waals surface area contributed by atoms with Gasteiger partial charge in [-0.15, -0.1) is 0 Å². The molecule has 0 aromatic heterocycles. The zero-order chi connectivity index (χ0) is 12.3. The molecule has 0 atom stereocenters. The topological polar surface area (TPSA) is 25.2 Å². The number of anilines is 3. The van der Waals surface area contributed by atoms with Crippen LogP contribution in [0.5, 0.6) is 0 Å². The lowest BCUT2D eigenvalue weighted by molar-refractivity contribution is 0.679. The minimum atomic E-state index is 1.19. The molecule has 0 saturated carbocycles. The van der Waals surface area contributed by atoms with Gasteiger partial charge < -0.3 is 10.2 Å². The summed E-state index contributed by atoms with van der Waals surface area (Å²) in [4.78, 5) is 2.55. The summed E-state index contributed by atoms with van der Waals surface area (Å²) in [5, 5.41) is 3.42. The van der Waals surface area contributed by atoms with Gasteiger partial charge in [0, 0.05) is 13.1 Å². The van der Waals surface area contributed by atoms with Crippen molar-refractivity contribution in [3.8, 4) is 0 Å². The van der Waals surface area contributed by atoms with Crippen LogP contribution >= 0.6 is 0 Å². The average molecular weight is 232 g/mol. The Morgan fingerprint density at radius 3 is 2.24 bits per heavy atom. The maximum absolute atomic E-state index is 3.42. The number of rotatable bonds is 7. The standard InChI is InChI=1S/C15H24N2/c1-4-6-10-17(11-7-5-2)13-9-8-12(3)14-15(13)16-14/h8-9,16H,4-7,10-11H2,1-3H3. The number of aryl methyl sites for hydroxylation is 1. The molecule has 0 spiro atoms. The van der Waals surface area contributed by atoms with Crippen LogP contribution in [-0.4, -0.2) is 13.1 Å². The molecule has 2 heteroatoms. The van der Waals surface area contributed by atoms with E-state index in [4.69, 9.17) is 0 Å². The third-order valence-corrected chi connectivity index (χ3v) is 3.48. The van der Waals surface area contributed by atoms with Gasteiger partial charge in [0.1, 0.15) is 0 Å². The van der Waals surface area contributed by atoms with Crippen molar-refractivity contribution in [2.45, 2.75) is 46.5 Å². The van der Waals surface area contributed by atoms with Crippen molar-refractivity contribution in [2.75, 3.05) is 23.3 Å². The lowest BCUT2D eigenvalue weighted by atomic mass is 10.2. The molecule has 2 nitrogen and oxygen atoms in total. The van der Waals surface area contributed by atoms with Crippen LogP contribution in [0.15, 0.2) is 12.1 Å². The molecule has 0 fully saturated rings. The van der Waals surface area contributed by atoms with Crippen LogP contribution in [0.2, 0.25) is 0 Å². The summed E-state index contributed by atoms with van der Waals surface area (Å²) in [5.41, 5.74) is 5.51. The van der Waals surface area contributed by atoms with Crippen molar-refractivity contribution >= 4 is 17.1 Å². The summed E-state index contributed by atoms with van der Waals surface area (Å²) in [6.45, 7) is 9.07. The van der Waals surface area contributed by atoms with Crippen LogP contribution in [0, 0.1) is 6.92 Å². The molecule has 1 heterocycles. The van der Waals surface area contributed by atoms with Gasteiger partial charge in [0.25, 0.3) is 0 Å². The van der Waals surface area contributed by atoms with Gasteiger partial charge >= 0.3 is 0 Å². The Labute approximate surface area is 105 Å². The minimum absolute atomic E-state index is 1.19. The average Bonchev–Trinajstić information content (AvgIpc) is 3.12. The molecule has 1 aromatic rings. The molecular formula is C15H24N2. The molecule has 1 aliphatic rings. The van der Waals surface area contributed by atoms with Gasteiger partial charge in [0.2, 0.25) is 0 Å². The van der Waals surface area contributed by atoms with Crippen LogP contribution in [-0.2, 0) is 0 Å². The normalized spacial score (nSPS) is 11.9. The van der Waals surface area contributed by atoms with Crippen molar-refractivity contribution in [1.29, 1.82) is 0 Å². The first kappa shape index (κ1) is 12.3. The Morgan fingerprint density at radius 1 is 1.00 bits per heavy atom. The van der Waals surface area contributed by atoms with Gasteiger partial charge in [0.05, 0.1) is 17.1 Å². The van der Waals surface area contributed by atoms with Gasteiger partial charge in [-0.3, -0.25) is 0 Å². The number of hydrogen-bond donors (Lipinski definition) is 1. The second-order valence-corrected chi connectivity index (χ2v) is 4.97. The molecule has 2 rings (SSSR count). The van der Waals surface area contributed by atoms with Crippen molar-refractivity contribution in [3.05, 3.63) is 17.7 Å². The van der Waals surface area contributed by atoms with E-state index in [-0.39, 0.29) is 0 Å². The second-order valence-electron chi connectivity index (χ2n) is 4.97. The van der Waals surface area contributed by atoms with E-state index in [9.17, 15) is 0 Å². The molecule has 0 aliphatic carbocycles. The molecule has 17 heavy (non-hydrogen) atoms. The number of nitrogens with zero attached hydrogens (tertiary/aromatic N) is 1. The SMILES string of the molecule is CCCCN(CCCC)c1ccc(C)c2c1N2. The monoisotopic (exact) mass is 232 g/mol. The highest BCUT2D eigenvalue weighted by Crippen LogP contribution is 2.49. The first-order valence-corrected chi connectivity index (χ1v) is 6.93. The summed E-state index contributed by atoms with van der Waals surface area (Å²) in [7, 11) is 0. The predicted molar refractivity (Wildman–Crippen MR) is 76.5 cm³/mol. The van der Waals surface area contributed by atoms with E-state index >= 15 is 0 Å². The van der Waals surface area contributed by atoms with Gasteiger partial charge in [-0.25, -0.2) is 0 Å². The van der Waals surface area contributed by atoms with E-state index in [0.29, 0.717) is 0 Å². The Balaban J connectivity index is 2.09. The fraction of sp³-hybridized carbons (Fsp3) is 0.600. The molecule has 0 radical (unpaired) electrons. The van der Waals surface area contributed by atoms with Crippen LogP contribution in [0.3, 0.4) is 0 Å². The summed E-state index contributed by atoms with van der Waals surface area (Å²) >= 11 is 0. The second kappa shape index (κ2) is 5.44. The third kappa shape index (κ3) is 2.74. The summed E-state index contributed by atoms with van der Waals surface area (Å²) in [5.74, 6) is 0. The molecule has 1 aliphatic heterocycles. The first-order chi connectivity index (χ1) is 8.27. The quantitative estimate of drug-likeness (QED) is 0.713. The highest BCUT2D eigenvalue weighted by Gasteiger charge is 2.25. The Bertz CT molecular complexity index is 377. The minimum Gasteiger partial charge on any atom is -0.370 e. The molecule has 1 N–H and O–H groups in total. The fourth-order valence-electron chi connectivity index (χ4n) is 2.27. The Hall–Kier alpha value is -1.18. The van der Waals surface area contributed by atoms with Crippen molar-refractivity contribution in [3.63, 3.8) is 0 Å². The Kier molecular flexibility index (Phi) is 3.93. The third-order valence-electron chi connectivity index (χ3n) is 3.48. The number of hydrogen-bond acceptors (Lipinski definition) is 2. The van der Waals surface area contributed by atoms with Crippen LogP contribution in [0.4, 0.5) is 17.1 Å². The summed E-state index contributed by atoms with van der Waals surface area (Å²) in [6, 6.07) is 4.51. The lowest BCUT2D eigenvalue weighted by Crippen LogP contribution is -2.25. The highest BCUT2D eigenvalue weighted by atomic mass is 15.2. The van der Waals surface area contributed by atoms with E-state index < -0.39 is 0 Å². The van der Waals surface area contributed by atoms with E-state index in [2.05, 4.69) is 43.1 Å². The number of benzene rings is 1. The van der Waals surface area contributed by atoms with E-state index in [1.165, 1.54) is 61.4 Å². The van der Waals surface area contributed by atoms with E-state index in [1.807, 2.05) is 0 Å². The predicted octanol–water partition coefficient (Wildman–Crippen LogP) is 4.46. The van der Waals surface area contributed by atoms with E-state index in [0.717, 1.165) is 0 Å². The molecule has 0 unspecified atom stereocenters. The molecule has 94 valence electrons.